The maximum Gasteiger partial charge on any atom is 0.229 e. The predicted molar refractivity (Wildman–Crippen MR) is 147 cm³/mol. The van der Waals surface area contributed by atoms with Gasteiger partial charge in [-0.15, -0.1) is 0 Å². The second-order valence-electron chi connectivity index (χ2n) is 9.16. The number of rotatable bonds is 17. The summed E-state index contributed by atoms with van der Waals surface area (Å²) < 4.78 is 50.0. The summed E-state index contributed by atoms with van der Waals surface area (Å²) in [6.45, 7) is 1.95. The van der Waals surface area contributed by atoms with Crippen LogP contribution in [0.25, 0.3) is 0 Å². The summed E-state index contributed by atoms with van der Waals surface area (Å²) >= 11 is 0. The summed E-state index contributed by atoms with van der Waals surface area (Å²) in [6.07, 6.45) is 3.96. The van der Waals surface area contributed by atoms with Crippen LogP contribution >= 0.6 is 0 Å². The van der Waals surface area contributed by atoms with E-state index in [-0.39, 0.29) is 36.0 Å². The van der Waals surface area contributed by atoms with E-state index in [1.165, 1.54) is 36.4 Å². The zero-order valence-corrected chi connectivity index (χ0v) is 23.1. The first-order chi connectivity index (χ1) is 17.7. The summed E-state index contributed by atoms with van der Waals surface area (Å²) in [4.78, 5) is 0. The highest BCUT2D eigenvalue weighted by atomic mass is 32.2. The molecule has 2 unspecified atom stereocenters. The van der Waals surface area contributed by atoms with Crippen LogP contribution in [0.2, 0.25) is 0 Å². The highest BCUT2D eigenvalue weighted by Gasteiger charge is 2.14. The Hall–Kier alpha value is -2.62. The van der Waals surface area contributed by atoms with E-state index >= 15 is 0 Å². The molecule has 0 amide bonds. The maximum atomic E-state index is 11.4. The van der Waals surface area contributed by atoms with E-state index in [1.807, 2.05) is 0 Å². The molecule has 2 aromatic rings. The molecule has 0 aromatic heterocycles. The minimum Gasteiger partial charge on any atom is -0.506 e. The number of aromatic hydroxyl groups is 2. The summed E-state index contributed by atoms with van der Waals surface area (Å²) in [5, 5.41) is 46.6. The molecule has 2 rings (SSSR count). The predicted octanol–water partition coefficient (Wildman–Crippen LogP) is 1.35. The number of nitrogens with one attached hydrogen (secondary N) is 4. The molecule has 0 radical (unpaired) electrons. The van der Waals surface area contributed by atoms with Crippen LogP contribution in [0.4, 0.5) is 11.4 Å². The van der Waals surface area contributed by atoms with Crippen molar-refractivity contribution in [2.75, 3.05) is 48.1 Å². The van der Waals surface area contributed by atoms with Gasteiger partial charge in [0.1, 0.15) is 11.5 Å². The maximum absolute atomic E-state index is 11.4. The lowest BCUT2D eigenvalue weighted by Crippen LogP contribution is -2.23. The summed E-state index contributed by atoms with van der Waals surface area (Å²) in [5.74, 6) is -0.445. The number of hydrogen-bond acceptors (Lipinski definition) is 10. The SMILES string of the molecule is CS(=O)(=O)Nc1cc(C(O)CNCCCCCCNCC(O)c2ccc(O)c(NS(C)(=O)=O)c2)ccc1O. The van der Waals surface area contributed by atoms with Crippen molar-refractivity contribution in [3.05, 3.63) is 47.5 Å². The molecule has 14 heteroatoms. The fourth-order valence-corrected chi connectivity index (χ4v) is 4.78. The second kappa shape index (κ2) is 14.5. The highest BCUT2D eigenvalue weighted by Crippen LogP contribution is 2.28. The van der Waals surface area contributed by atoms with Gasteiger partial charge in [0, 0.05) is 13.1 Å². The van der Waals surface area contributed by atoms with Crippen LogP contribution in [0, 0.1) is 0 Å². The number of unbranched alkanes of at least 4 members (excludes halogenated alkanes) is 3. The van der Waals surface area contributed by atoms with Crippen molar-refractivity contribution in [1.29, 1.82) is 0 Å². The van der Waals surface area contributed by atoms with Gasteiger partial charge < -0.3 is 31.1 Å². The number of benzene rings is 2. The topological polar surface area (TPSA) is 197 Å². The molecule has 0 bridgehead atoms. The number of phenols is 2. The van der Waals surface area contributed by atoms with E-state index in [9.17, 15) is 37.3 Å². The number of sulfonamides is 2. The second-order valence-corrected chi connectivity index (χ2v) is 12.7. The van der Waals surface area contributed by atoms with Crippen LogP contribution in [0.15, 0.2) is 36.4 Å². The standard InChI is InChI=1S/C24H38N4O8S2/c1-37(33,34)27-19-13-17(7-9-21(19)29)23(31)15-25-11-5-3-4-6-12-26-16-24(32)18-8-10-22(30)20(14-18)28-38(2,35)36/h7-10,13-14,23-32H,3-6,11-12,15-16H2,1-2H3. The van der Waals surface area contributed by atoms with Crippen LogP contribution < -0.4 is 20.1 Å². The minimum absolute atomic E-state index is 0.0157. The largest absolute Gasteiger partial charge is 0.506 e. The average Bonchev–Trinajstić information content (AvgIpc) is 2.81. The van der Waals surface area contributed by atoms with Gasteiger partial charge in [-0.25, -0.2) is 16.8 Å². The molecule has 0 spiro atoms. The molecule has 0 fully saturated rings. The number of anilines is 2. The van der Waals surface area contributed by atoms with Gasteiger partial charge in [-0.05, 0) is 61.3 Å². The number of phenolic OH excluding ortho intramolecular Hbond substituents is 2. The Morgan fingerprint density at radius 1 is 0.658 bits per heavy atom. The zero-order valence-electron chi connectivity index (χ0n) is 21.5. The van der Waals surface area contributed by atoms with Crippen molar-refractivity contribution in [3.8, 4) is 11.5 Å². The third-order valence-corrected chi connectivity index (χ3v) is 6.72. The average molecular weight is 575 g/mol. The van der Waals surface area contributed by atoms with Gasteiger partial charge in [-0.2, -0.15) is 0 Å². The smallest absolute Gasteiger partial charge is 0.229 e. The zero-order chi connectivity index (χ0) is 28.3. The van der Waals surface area contributed by atoms with Crippen LogP contribution in [-0.2, 0) is 20.0 Å². The third-order valence-electron chi connectivity index (χ3n) is 5.53. The molecule has 0 aliphatic heterocycles. The Morgan fingerprint density at radius 3 is 1.37 bits per heavy atom. The van der Waals surface area contributed by atoms with Gasteiger partial charge in [0.25, 0.3) is 0 Å². The Kier molecular flexibility index (Phi) is 12.1. The number of aliphatic hydroxyl groups is 2. The molecule has 12 nitrogen and oxygen atoms in total. The van der Waals surface area contributed by atoms with Crippen molar-refractivity contribution in [2.24, 2.45) is 0 Å². The lowest BCUT2D eigenvalue weighted by Gasteiger charge is -2.15. The van der Waals surface area contributed by atoms with Crippen LogP contribution in [0.3, 0.4) is 0 Å². The first-order valence-electron chi connectivity index (χ1n) is 12.1. The summed E-state index contributed by atoms with van der Waals surface area (Å²) in [7, 11) is -7.11. The van der Waals surface area contributed by atoms with Crippen molar-refractivity contribution in [3.63, 3.8) is 0 Å². The third kappa shape index (κ3) is 11.8. The van der Waals surface area contributed by atoms with E-state index < -0.39 is 32.3 Å². The fourth-order valence-electron chi connectivity index (χ4n) is 3.65. The molecule has 0 saturated carbocycles. The van der Waals surface area contributed by atoms with E-state index in [0.717, 1.165) is 38.2 Å². The Bertz CT molecular complexity index is 1160. The summed E-state index contributed by atoms with van der Waals surface area (Å²) in [5.41, 5.74) is 0.985. The number of hydrogen-bond donors (Lipinski definition) is 8. The first kappa shape index (κ1) is 31.6. The molecular formula is C24H38N4O8S2. The van der Waals surface area contributed by atoms with Crippen molar-refractivity contribution in [2.45, 2.75) is 37.9 Å². The lowest BCUT2D eigenvalue weighted by molar-refractivity contribution is 0.174. The van der Waals surface area contributed by atoms with Gasteiger partial charge in [0.15, 0.2) is 0 Å². The quantitative estimate of drug-likeness (QED) is 0.101. The molecule has 0 aliphatic rings. The Labute approximate surface area is 224 Å². The normalized spacial score (nSPS) is 13.7. The fraction of sp³-hybridized carbons (Fsp3) is 0.500. The molecule has 0 saturated heterocycles. The van der Waals surface area contributed by atoms with Crippen LogP contribution in [0.5, 0.6) is 11.5 Å². The Balaban J connectivity index is 1.60. The summed E-state index contributed by atoms with van der Waals surface area (Å²) in [6, 6.07) is 8.53. The van der Waals surface area contributed by atoms with Crippen LogP contribution in [0.1, 0.15) is 49.0 Å². The molecule has 38 heavy (non-hydrogen) atoms. The molecule has 0 aliphatic carbocycles. The molecule has 2 aromatic carbocycles. The van der Waals surface area contributed by atoms with Crippen molar-refractivity contribution >= 4 is 31.4 Å². The van der Waals surface area contributed by atoms with E-state index in [4.69, 9.17) is 0 Å². The van der Waals surface area contributed by atoms with Crippen LogP contribution in [-0.4, -0.2) is 76.0 Å². The number of aliphatic hydroxyl groups excluding tert-OH is 2. The first-order valence-corrected chi connectivity index (χ1v) is 15.9. The monoisotopic (exact) mass is 574 g/mol. The molecule has 0 heterocycles. The van der Waals surface area contributed by atoms with Gasteiger partial charge in [-0.1, -0.05) is 25.0 Å². The Morgan fingerprint density at radius 2 is 1.03 bits per heavy atom. The molecule has 8 N–H and O–H groups in total. The minimum atomic E-state index is -3.56. The van der Waals surface area contributed by atoms with Crippen molar-refractivity contribution < 1.29 is 37.3 Å². The lowest BCUT2D eigenvalue weighted by atomic mass is 10.1. The molecule has 2 atom stereocenters. The van der Waals surface area contributed by atoms with E-state index in [1.54, 1.807) is 0 Å². The van der Waals surface area contributed by atoms with Crippen molar-refractivity contribution in [1.82, 2.24) is 10.6 Å². The van der Waals surface area contributed by atoms with Gasteiger partial charge in [0.2, 0.25) is 20.0 Å². The van der Waals surface area contributed by atoms with Gasteiger partial charge in [0.05, 0.1) is 36.1 Å². The van der Waals surface area contributed by atoms with Gasteiger partial charge >= 0.3 is 0 Å². The van der Waals surface area contributed by atoms with Gasteiger partial charge in [-0.3, -0.25) is 9.44 Å². The molecular weight excluding hydrogens is 536 g/mol. The highest BCUT2D eigenvalue weighted by molar-refractivity contribution is 7.92. The molecule has 214 valence electrons. The van der Waals surface area contributed by atoms with E-state index in [0.29, 0.717) is 24.2 Å². The van der Waals surface area contributed by atoms with E-state index in [2.05, 4.69) is 20.1 Å².